The number of aromatic nitrogens is 3. The van der Waals surface area contributed by atoms with Crippen LogP contribution < -0.4 is 0 Å². The van der Waals surface area contributed by atoms with Crippen molar-refractivity contribution in [2.45, 2.75) is 71.7 Å². The maximum Gasteiger partial charge on any atom is 0.149 e. The van der Waals surface area contributed by atoms with Crippen LogP contribution >= 0.6 is 0 Å². The van der Waals surface area contributed by atoms with Crippen LogP contribution in [0.5, 0.6) is 5.75 Å². The number of aromatic hydroxyl groups is 1. The quantitative estimate of drug-likeness (QED) is 0.157. The highest BCUT2D eigenvalue weighted by atomic mass is 16.3. The molecule has 0 unspecified atom stereocenters. The predicted molar refractivity (Wildman–Crippen MR) is 290 cm³/mol. The van der Waals surface area contributed by atoms with Gasteiger partial charge in [-0.3, -0.25) is 9.55 Å². The summed E-state index contributed by atoms with van der Waals surface area (Å²) in [6, 6.07) is 57.6. The van der Waals surface area contributed by atoms with E-state index in [0.717, 1.165) is 38.9 Å². The minimum atomic E-state index is -4.17. The Kier molecular flexibility index (Phi) is 7.27. The van der Waals surface area contributed by atoms with Crippen LogP contribution in [-0.4, -0.2) is 19.6 Å². The van der Waals surface area contributed by atoms with E-state index < -0.39 is 86.1 Å². The molecule has 1 N–H and O–H groups in total. The zero-order valence-electron chi connectivity index (χ0n) is 56.8. The maximum atomic E-state index is 13.1. The van der Waals surface area contributed by atoms with Crippen molar-refractivity contribution in [2.24, 2.45) is 0 Å². The second kappa shape index (κ2) is 18.0. The summed E-state index contributed by atoms with van der Waals surface area (Å²) >= 11 is 0. The van der Waals surface area contributed by atoms with Gasteiger partial charge < -0.3 is 5.11 Å². The lowest BCUT2D eigenvalue weighted by Crippen LogP contribution is -2.17. The number of hydrogen-bond acceptors (Lipinski definition) is 3. The number of fused-ring (bicyclic) bond motifs is 1. The topological polar surface area (TPSA) is 50.9 Å². The van der Waals surface area contributed by atoms with Gasteiger partial charge in [0.15, 0.2) is 0 Å². The number of phenolic OH excluding ortho intramolecular Hbond substituents is 1. The highest BCUT2D eigenvalue weighted by molar-refractivity contribution is 5.98. The van der Waals surface area contributed by atoms with E-state index in [9.17, 15) is 6.48 Å². The minimum absolute atomic E-state index is 0.126. The van der Waals surface area contributed by atoms with E-state index in [4.69, 9.17) is 34.6 Å². The highest BCUT2D eigenvalue weighted by Gasteiger charge is 2.29. The van der Waals surface area contributed by atoms with Gasteiger partial charge in [0, 0.05) is 54.6 Å². The fourth-order valence-corrected chi connectivity index (χ4v) is 9.02. The van der Waals surface area contributed by atoms with Crippen LogP contribution in [0.2, 0.25) is 0 Å². The van der Waals surface area contributed by atoms with Gasteiger partial charge in [-0.2, -0.15) is 0 Å². The van der Waals surface area contributed by atoms with E-state index in [-0.39, 0.29) is 22.8 Å². The van der Waals surface area contributed by atoms with Crippen molar-refractivity contribution in [1.29, 1.82) is 0 Å². The molecule has 4 nitrogen and oxygen atoms in total. The van der Waals surface area contributed by atoms with E-state index in [1.807, 2.05) is 146 Å². The third-order valence-corrected chi connectivity index (χ3v) is 12.5. The molecular weight excluding hydrogens is 839 g/mol. The Morgan fingerprint density at radius 1 is 0.493 bits per heavy atom. The lowest BCUT2D eigenvalue weighted by molar-refractivity contribution is 0.446. The largest absolute Gasteiger partial charge is 0.507 e. The normalized spacial score (nSPS) is 17.3. The lowest BCUT2D eigenvalue weighted by atomic mass is 9.79. The lowest BCUT2D eigenvalue weighted by Gasteiger charge is -2.27. The molecule has 0 amide bonds. The third kappa shape index (κ3) is 8.91. The van der Waals surface area contributed by atoms with Crippen LogP contribution in [0.15, 0.2) is 200 Å². The smallest absolute Gasteiger partial charge is 0.149 e. The van der Waals surface area contributed by atoms with Gasteiger partial charge in [-0.15, -0.1) is 0 Å². The van der Waals surface area contributed by atoms with Gasteiger partial charge in [0.1, 0.15) is 11.6 Å². The predicted octanol–water partition coefficient (Wildman–Crippen LogP) is 17.5. The van der Waals surface area contributed by atoms with Crippen molar-refractivity contribution in [3.05, 3.63) is 217 Å². The van der Waals surface area contributed by atoms with Gasteiger partial charge in [0.05, 0.1) is 22.3 Å². The van der Waals surface area contributed by atoms with Crippen molar-refractivity contribution in [3.8, 4) is 89.7 Å². The summed E-state index contributed by atoms with van der Waals surface area (Å²) < 4.78 is 169. The van der Waals surface area contributed by atoms with Gasteiger partial charge in [0.25, 0.3) is 0 Å². The van der Waals surface area contributed by atoms with Gasteiger partial charge in [0.2, 0.25) is 0 Å². The van der Waals surface area contributed by atoms with Gasteiger partial charge >= 0.3 is 0 Å². The summed E-state index contributed by atoms with van der Waals surface area (Å²) in [5, 5.41) is 13.1. The first-order chi connectivity index (χ1) is 41.0. The summed E-state index contributed by atoms with van der Waals surface area (Å²) in [7, 11) is 0. The Labute approximate surface area is 434 Å². The molecule has 4 heteroatoms. The molecule has 340 valence electrons. The highest BCUT2D eigenvalue weighted by Crippen LogP contribution is 2.45. The Balaban J connectivity index is 1.34. The third-order valence-electron chi connectivity index (χ3n) is 12.5. The summed E-state index contributed by atoms with van der Waals surface area (Å²) in [6.07, 6.45) is 1.71. The Hall–Kier alpha value is -7.82. The number of hydrogen-bond donors (Lipinski definition) is 1. The SMILES string of the molecule is [2H]C(C)(C)c1cc(-n2c(-c3cc(C(C([2H])([2H])[2H])(C([2H])([2H])[2H])C([2H])([2H])[2H])cc(C(C([2H])([2H])[2H])(C([2H])([2H])[2H])C([2H])([2H])[2H])c3O)nc3c(-c4cc(-c5ccccc5)cc(-c5cc(-c6ccc(-c7ccccc7)cc6)ccn5)c4)cccc32)ccc1-c1ccccc1. The summed E-state index contributed by atoms with van der Waals surface area (Å²) in [4.78, 5) is 10.0. The number of imidazole rings is 1. The molecule has 10 aromatic rings. The molecule has 0 atom stereocenters. The molecule has 69 heavy (non-hydrogen) atoms. The van der Waals surface area contributed by atoms with Crippen molar-refractivity contribution in [1.82, 2.24) is 14.5 Å². The van der Waals surface area contributed by atoms with E-state index in [2.05, 4.69) is 0 Å². The van der Waals surface area contributed by atoms with Gasteiger partial charge in [-0.1, -0.05) is 194 Å². The van der Waals surface area contributed by atoms with Crippen LogP contribution in [-0.2, 0) is 10.8 Å². The number of benzene rings is 8. The average molecular weight is 917 g/mol. The van der Waals surface area contributed by atoms with Gasteiger partial charge in [-0.25, -0.2) is 4.98 Å². The molecule has 10 rings (SSSR count). The molecule has 2 aromatic heterocycles. The van der Waals surface area contributed by atoms with Crippen LogP contribution in [0.3, 0.4) is 0 Å². The molecule has 0 spiro atoms. The monoisotopic (exact) mass is 917 g/mol. The van der Waals surface area contributed by atoms with E-state index >= 15 is 0 Å². The number of rotatable bonds is 9. The first kappa shape index (κ1) is 27.9. The molecule has 2 heterocycles. The standard InChI is InChI=1S/C65H59N3O/c1-42(2)56-41-53(31-32-54(56)47-23-16-11-17-24-47)68-60-26-18-25-55(61(60)67-63(68)57-39-52(64(3,4)5)40-58(62(57)69)65(6,7)8)50-35-49(44-21-14-10-15-22-44)36-51(37-50)59-38-48(33-34-66-59)46-29-27-45(28-30-46)43-19-12-9-13-20-43/h9-42,69H,1-8H3/i3D3,4D3,5D3,6D3,7D3,8D3,42D. The molecule has 0 bridgehead atoms. The van der Waals surface area contributed by atoms with Crippen molar-refractivity contribution < 1.29 is 31.2 Å². The maximum absolute atomic E-state index is 13.1. The molecule has 0 aliphatic carbocycles. The van der Waals surface area contributed by atoms with Crippen molar-refractivity contribution >= 4 is 11.0 Å². The number of nitrogens with zero attached hydrogens (tertiary/aromatic N) is 3. The van der Waals surface area contributed by atoms with Gasteiger partial charge in [-0.05, 0) is 133 Å². The summed E-state index contributed by atoms with van der Waals surface area (Å²) in [6.45, 7) is -21.4. The molecular formula is C65H59N3O. The number of phenols is 1. The first-order valence-corrected chi connectivity index (χ1v) is 22.4. The van der Waals surface area contributed by atoms with Crippen LogP contribution in [0.4, 0.5) is 0 Å². The Bertz CT molecular complexity index is 4140. The van der Waals surface area contributed by atoms with Crippen LogP contribution in [0.25, 0.3) is 95.0 Å². The van der Waals surface area contributed by atoms with Crippen molar-refractivity contribution in [3.63, 3.8) is 0 Å². The molecule has 0 saturated carbocycles. The average Bonchev–Trinajstić information content (AvgIpc) is 0.786. The zero-order valence-corrected chi connectivity index (χ0v) is 37.8. The molecule has 0 radical (unpaired) electrons. The van der Waals surface area contributed by atoms with Crippen molar-refractivity contribution in [2.75, 3.05) is 0 Å². The molecule has 0 fully saturated rings. The summed E-state index contributed by atoms with van der Waals surface area (Å²) in [5.41, 5.74) is -1.78. The first-order valence-electron chi connectivity index (χ1n) is 31.9. The Morgan fingerprint density at radius 2 is 1.09 bits per heavy atom. The fraction of sp³-hybridized carbons (Fsp3) is 0.169. The Morgan fingerprint density at radius 3 is 1.74 bits per heavy atom. The van der Waals surface area contributed by atoms with E-state index in [1.54, 1.807) is 56.4 Å². The minimum Gasteiger partial charge on any atom is -0.507 e. The van der Waals surface area contributed by atoms with E-state index in [0.29, 0.717) is 39.6 Å². The second-order valence-electron chi connectivity index (χ2n) is 17.5. The molecule has 8 aromatic carbocycles. The fourth-order valence-electron chi connectivity index (χ4n) is 9.02. The number of para-hydroxylation sites is 1. The second-order valence-corrected chi connectivity index (χ2v) is 17.5. The molecule has 0 aliphatic heterocycles. The molecule has 0 saturated heterocycles. The number of pyridine rings is 1. The summed E-state index contributed by atoms with van der Waals surface area (Å²) in [5.74, 6) is -3.22. The zero-order chi connectivity index (χ0) is 64.0. The molecule has 0 aliphatic rings. The van der Waals surface area contributed by atoms with E-state index in [1.165, 1.54) is 4.57 Å². The van der Waals surface area contributed by atoms with Crippen LogP contribution in [0.1, 0.15) is 104 Å². The van der Waals surface area contributed by atoms with Crippen LogP contribution in [0, 0.1) is 0 Å².